The molecule has 2 heterocycles. The second-order valence-corrected chi connectivity index (χ2v) is 12.3. The van der Waals surface area contributed by atoms with E-state index in [2.05, 4.69) is 0 Å². The van der Waals surface area contributed by atoms with E-state index in [-0.39, 0.29) is 11.8 Å². The first-order chi connectivity index (χ1) is 33.9. The molecule has 1 amide bonds. The highest BCUT2D eigenvalue weighted by atomic mass is 32.2. The van der Waals surface area contributed by atoms with E-state index in [4.69, 9.17) is 30.8 Å². The molecule has 6 rings (SSSR count). The Hall–Kier alpha value is -4.52. The number of carbonyl (C=O) groups excluding carboxylic acids is 1. The molecule has 0 bridgehead atoms. The van der Waals surface area contributed by atoms with Crippen LogP contribution in [0.1, 0.15) is 63.9 Å². The van der Waals surface area contributed by atoms with Crippen molar-refractivity contribution in [1.29, 1.82) is 0 Å². The van der Waals surface area contributed by atoms with Crippen molar-refractivity contribution in [3.8, 4) is 11.1 Å². The Kier molecular flexibility index (Phi) is 6.19. The molecule has 0 N–H and O–H groups in total. The van der Waals surface area contributed by atoms with E-state index in [0.29, 0.717) is 9.47 Å². The molecule has 0 unspecified atom stereocenters. The number of likely N-dealkylation sites (tertiary alicyclic amines) is 1. The van der Waals surface area contributed by atoms with Crippen LogP contribution < -0.4 is 5.43 Å². The summed E-state index contributed by atoms with van der Waals surface area (Å²) in [6.45, 7) is -11.1. The van der Waals surface area contributed by atoms with E-state index in [0.717, 1.165) is 18.9 Å². The molecule has 53 heavy (non-hydrogen) atoms. The summed E-state index contributed by atoms with van der Waals surface area (Å²) in [6, 6.07) is -19.2. The first-order valence-electron chi connectivity index (χ1n) is 26.1. The molecule has 0 spiro atoms. The number of para-hydroxylation sites is 1. The van der Waals surface area contributed by atoms with Crippen LogP contribution in [-0.2, 0) is 34.5 Å². The van der Waals surface area contributed by atoms with Gasteiger partial charge in [-0.25, -0.2) is 8.78 Å². The van der Waals surface area contributed by atoms with Crippen LogP contribution in [0, 0.1) is 18.6 Å². The number of benzene rings is 4. The fourth-order valence-electron chi connectivity index (χ4n) is 5.35. The fourth-order valence-corrected chi connectivity index (χ4v) is 6.30. The number of pyridine rings is 1. The zero-order valence-corrected chi connectivity index (χ0v) is 28.5. The molecule has 1 saturated heterocycles. The van der Waals surface area contributed by atoms with Gasteiger partial charge in [0.15, 0.2) is 17.1 Å². The number of halogens is 5. The monoisotopic (exact) mass is 770 g/mol. The van der Waals surface area contributed by atoms with Crippen molar-refractivity contribution in [3.05, 3.63) is 135 Å². The maximum atomic E-state index is 15.3. The van der Waals surface area contributed by atoms with Crippen LogP contribution >= 0.6 is 11.8 Å². The van der Waals surface area contributed by atoms with Crippen LogP contribution in [0.15, 0.2) is 100 Å². The standard InChI is InChI=1S/C41H40F5N3O3S/c1-27-22-30(14-15-34(27)41(44,45)46)29-12-10-28(11-13-29)24-48(32-16-18-47(19-17-32)20-21-52-2)38(51)25-49-36-9-4-3-7-33(36)37(50)23-39(49)53-26-31-6-5-8-35(42)40(31)43/h3-15,22-23,32H,16-21,24-26H2,1-2H3/i3D,4D,5D,6D,7D,8D,9D,10D,11D,12D,13D,14D,15D,20D2,21D2,22D,23D,24D2. The van der Waals surface area contributed by atoms with Gasteiger partial charge < -0.3 is 19.1 Å². The van der Waals surface area contributed by atoms with Crippen molar-refractivity contribution in [2.45, 2.75) is 55.8 Å². The number of methoxy groups -OCH3 is 1. The Morgan fingerprint density at radius 1 is 0.981 bits per heavy atom. The zero-order chi connectivity index (χ0) is 56.1. The topological polar surface area (TPSA) is 54.8 Å². The number of ether oxygens (including phenoxy) is 1. The quantitative estimate of drug-likeness (QED) is 0.0940. The number of hydrogen-bond acceptors (Lipinski definition) is 5. The summed E-state index contributed by atoms with van der Waals surface area (Å²) in [4.78, 5) is 30.5. The number of nitrogens with zero attached hydrogens (tertiary/aromatic N) is 3. The SMILES string of the molecule is [2H]c1c([2H])c(F)c(F)c(CSc2c([2H])c(=O)c3c([2H])c([2H])c([2H])c([2H])c3n2CC(=O)N(C2CCN(C([2H])([2H])C([2H])([2H])OC)CC2)C([2H])([2H])c2c([2H])c([2H])c(-c3c([2H])c([2H])c(C(F)(F)F)c(C)c3[2H])c([2H])c2[2H])c1[2H]. The van der Waals surface area contributed by atoms with Gasteiger partial charge in [0, 0.05) is 64.7 Å². The van der Waals surface area contributed by atoms with Crippen LogP contribution in [-0.4, -0.2) is 59.6 Å². The highest BCUT2D eigenvalue weighted by molar-refractivity contribution is 7.98. The third kappa shape index (κ3) is 9.00. The third-order valence-electron chi connectivity index (χ3n) is 7.92. The highest BCUT2D eigenvalue weighted by Crippen LogP contribution is 2.34. The summed E-state index contributed by atoms with van der Waals surface area (Å²) in [5.41, 5.74) is -8.92. The van der Waals surface area contributed by atoms with Gasteiger partial charge in [-0.1, -0.05) is 60.4 Å². The van der Waals surface area contributed by atoms with Crippen LogP contribution in [0.25, 0.3) is 22.0 Å². The van der Waals surface area contributed by atoms with Gasteiger partial charge in [-0.15, -0.1) is 11.8 Å². The lowest BCUT2D eigenvalue weighted by molar-refractivity contribution is -0.138. The predicted octanol–water partition coefficient (Wildman–Crippen LogP) is 8.71. The Bertz CT molecular complexity index is 3160. The molecule has 0 aliphatic carbocycles. The molecular weight excluding hydrogens is 710 g/mol. The van der Waals surface area contributed by atoms with E-state index in [1.807, 2.05) is 0 Å². The van der Waals surface area contributed by atoms with Gasteiger partial charge in [0.05, 0.1) is 48.7 Å². The highest BCUT2D eigenvalue weighted by Gasteiger charge is 2.32. The van der Waals surface area contributed by atoms with Crippen molar-refractivity contribution < 1.29 is 60.3 Å². The largest absolute Gasteiger partial charge is 0.416 e. The minimum atomic E-state index is -5.25. The van der Waals surface area contributed by atoms with Crippen LogP contribution in [0.2, 0.25) is 0 Å². The summed E-state index contributed by atoms with van der Waals surface area (Å²) in [7, 11) is 0.888. The average Bonchev–Trinajstić information content (AvgIpc) is 3.32. The van der Waals surface area contributed by atoms with Crippen LogP contribution in [0.4, 0.5) is 22.0 Å². The lowest BCUT2D eigenvalue weighted by Gasteiger charge is -2.39. The van der Waals surface area contributed by atoms with Gasteiger partial charge in [-0.3, -0.25) is 9.59 Å². The first-order valence-corrected chi connectivity index (χ1v) is 16.5. The van der Waals surface area contributed by atoms with Gasteiger partial charge in [0.2, 0.25) is 5.91 Å². The van der Waals surface area contributed by atoms with Gasteiger partial charge in [-0.2, -0.15) is 13.2 Å². The number of rotatable bonds is 12. The lowest BCUT2D eigenvalue weighted by Crippen LogP contribution is -2.48. The molecule has 1 aliphatic heterocycles. The second kappa shape index (κ2) is 16.7. The smallest absolute Gasteiger partial charge is 0.383 e. The van der Waals surface area contributed by atoms with E-state index >= 15 is 9.18 Å². The molecule has 1 aliphatic rings. The summed E-state index contributed by atoms with van der Waals surface area (Å²) in [6.07, 6.45) is -6.22. The summed E-state index contributed by atoms with van der Waals surface area (Å²) in [5.74, 6) is -6.08. The molecule has 6 nitrogen and oxygen atoms in total. The third-order valence-corrected chi connectivity index (χ3v) is 8.94. The van der Waals surface area contributed by atoms with E-state index in [9.17, 15) is 25.1 Å². The lowest BCUT2D eigenvalue weighted by atomic mass is 9.98. The normalized spacial score (nSPS) is 20.6. The maximum Gasteiger partial charge on any atom is 0.416 e. The van der Waals surface area contributed by atoms with Crippen LogP contribution in [0.3, 0.4) is 0 Å². The van der Waals surface area contributed by atoms with E-state index in [1.165, 1.54) is 0 Å². The zero-order valence-electron chi connectivity index (χ0n) is 48.7. The molecule has 4 aromatic carbocycles. The molecule has 5 aromatic rings. The fraction of sp³-hybridized carbons (Fsp3) is 0.317. The number of alkyl halides is 3. The van der Waals surface area contributed by atoms with Crippen molar-refractivity contribution >= 4 is 28.6 Å². The van der Waals surface area contributed by atoms with Gasteiger partial charge in [0.25, 0.3) is 0 Å². The molecule has 1 fully saturated rings. The van der Waals surface area contributed by atoms with Crippen molar-refractivity contribution in [2.75, 3.05) is 33.3 Å². The van der Waals surface area contributed by atoms with E-state index < -0.39 is 233 Å². The van der Waals surface area contributed by atoms with Crippen molar-refractivity contribution in [1.82, 2.24) is 14.4 Å². The number of aromatic nitrogens is 1. The molecule has 12 heteroatoms. The Balaban J connectivity index is 1.62. The number of amides is 1. The minimum Gasteiger partial charge on any atom is -0.383 e. The number of fused-ring (bicyclic) bond motifs is 1. The Morgan fingerprint density at radius 2 is 1.70 bits per heavy atom. The first kappa shape index (κ1) is 19.7. The maximum absolute atomic E-state index is 15.3. The van der Waals surface area contributed by atoms with Crippen LogP contribution in [0.5, 0.6) is 0 Å². The Morgan fingerprint density at radius 3 is 2.42 bits per heavy atom. The second-order valence-electron chi connectivity index (χ2n) is 11.3. The van der Waals surface area contributed by atoms with E-state index in [1.54, 1.807) is 0 Å². The summed E-state index contributed by atoms with van der Waals surface area (Å²) >= 11 is 0.223. The van der Waals surface area contributed by atoms with Crippen molar-refractivity contribution in [2.24, 2.45) is 0 Å². The molecule has 278 valence electrons. The van der Waals surface area contributed by atoms with Gasteiger partial charge in [0.1, 0.15) is 6.54 Å². The molecule has 1 aromatic heterocycles. The van der Waals surface area contributed by atoms with Gasteiger partial charge in [-0.05, 0) is 66.2 Å². The number of piperidine rings is 1. The summed E-state index contributed by atoms with van der Waals surface area (Å²) < 4.78 is 258. The van der Waals surface area contributed by atoms with Gasteiger partial charge >= 0.3 is 6.18 Å². The summed E-state index contributed by atoms with van der Waals surface area (Å²) in [5, 5.41) is -1.65. The molecule has 0 atom stereocenters. The molecule has 0 saturated carbocycles. The number of carbonyl (C=O) groups is 1. The Labute approximate surface area is 338 Å². The molecular formula is C41H40F5N3O3S. The minimum absolute atomic E-state index is 0.223. The average molecular weight is 771 g/mol. The number of hydrogen-bond donors (Lipinski definition) is 0. The number of thioether (sulfide) groups is 1. The predicted molar refractivity (Wildman–Crippen MR) is 198 cm³/mol. The molecule has 0 radical (unpaired) electrons. The van der Waals surface area contributed by atoms with Crippen molar-refractivity contribution in [3.63, 3.8) is 0 Å².